The van der Waals surface area contributed by atoms with Gasteiger partial charge in [-0.05, 0) is 30.7 Å². The number of rotatable bonds is 5. The summed E-state index contributed by atoms with van der Waals surface area (Å²) in [6, 6.07) is 13.9. The van der Waals surface area contributed by atoms with E-state index < -0.39 is 4.92 Å². The summed E-state index contributed by atoms with van der Waals surface area (Å²) in [7, 11) is 0. The highest BCUT2D eigenvalue weighted by Gasteiger charge is 2.15. The van der Waals surface area contributed by atoms with Crippen molar-refractivity contribution in [1.29, 1.82) is 0 Å². The third-order valence-electron chi connectivity index (χ3n) is 4.56. The highest BCUT2D eigenvalue weighted by Crippen LogP contribution is 2.28. The molecule has 3 aromatic rings. The van der Waals surface area contributed by atoms with Crippen LogP contribution in [-0.2, 0) is 11.2 Å². The summed E-state index contributed by atoms with van der Waals surface area (Å²) in [5.74, 6) is 0.411. The molecule has 0 saturated heterocycles. The molecule has 0 radical (unpaired) electrons. The van der Waals surface area contributed by atoms with Crippen molar-refractivity contribution in [2.45, 2.75) is 13.3 Å². The number of benzene rings is 2. The Morgan fingerprint density at radius 1 is 1.20 bits per heavy atom. The summed E-state index contributed by atoms with van der Waals surface area (Å²) >= 11 is 1.39. The Morgan fingerprint density at radius 3 is 2.73 bits per heavy atom. The number of non-ortho nitro benzene ring substituents is 1. The third kappa shape index (κ3) is 4.28. The molecule has 0 bridgehead atoms. The largest absolute Gasteiger partial charge is 0.464 e. The zero-order chi connectivity index (χ0) is 21.1. The minimum atomic E-state index is -0.421. The van der Waals surface area contributed by atoms with Gasteiger partial charge < -0.3 is 4.74 Å². The summed E-state index contributed by atoms with van der Waals surface area (Å²) in [4.78, 5) is 28.5. The molecule has 0 saturated carbocycles. The van der Waals surface area contributed by atoms with E-state index in [1.54, 1.807) is 24.3 Å². The van der Waals surface area contributed by atoms with Crippen LogP contribution < -0.4 is 10.1 Å². The van der Waals surface area contributed by atoms with Gasteiger partial charge in [-0.1, -0.05) is 30.3 Å². The van der Waals surface area contributed by atoms with Gasteiger partial charge >= 0.3 is 0 Å². The zero-order valence-electron chi connectivity index (χ0n) is 16.0. The summed E-state index contributed by atoms with van der Waals surface area (Å²) in [5.41, 5.74) is 3.09. The highest BCUT2D eigenvalue weighted by molar-refractivity contribution is 7.15. The first kappa shape index (κ1) is 19.5. The van der Waals surface area contributed by atoms with Crippen molar-refractivity contribution < 1.29 is 14.5 Å². The van der Waals surface area contributed by atoms with Crippen LogP contribution in [0.15, 0.2) is 66.4 Å². The fourth-order valence-corrected chi connectivity index (χ4v) is 3.97. The Morgan fingerprint density at radius 2 is 1.97 bits per heavy atom. The van der Waals surface area contributed by atoms with E-state index in [0.29, 0.717) is 22.9 Å². The van der Waals surface area contributed by atoms with Crippen LogP contribution in [0.4, 0.5) is 10.8 Å². The molecule has 0 unspecified atom stereocenters. The molecule has 7 nitrogen and oxygen atoms in total. The molecular formula is C22H17N3O4S. The van der Waals surface area contributed by atoms with Gasteiger partial charge in [-0.15, -0.1) is 11.3 Å². The summed E-state index contributed by atoms with van der Waals surface area (Å²) in [6.07, 6.45) is 5.46. The Labute approximate surface area is 176 Å². The fourth-order valence-electron chi connectivity index (χ4n) is 2.98. The lowest BCUT2D eigenvalue weighted by Crippen LogP contribution is -2.12. The van der Waals surface area contributed by atoms with Crippen LogP contribution in [0.3, 0.4) is 0 Å². The quantitative estimate of drug-likeness (QED) is 0.470. The Hall–Kier alpha value is -3.78. The van der Waals surface area contributed by atoms with Gasteiger partial charge in [0.25, 0.3) is 11.6 Å². The number of carbonyl (C=O) groups excluding carboxylic acids is 1. The molecule has 0 spiro atoms. The van der Waals surface area contributed by atoms with E-state index in [1.807, 2.05) is 31.2 Å². The average molecular weight is 419 g/mol. The number of nitro groups is 1. The van der Waals surface area contributed by atoms with Gasteiger partial charge in [0.2, 0.25) is 0 Å². The monoisotopic (exact) mass is 419 g/mol. The van der Waals surface area contributed by atoms with Crippen LogP contribution in [0.25, 0.3) is 6.08 Å². The molecule has 0 atom stereocenters. The van der Waals surface area contributed by atoms with Crippen LogP contribution in [-0.4, -0.2) is 15.8 Å². The highest BCUT2D eigenvalue weighted by atomic mass is 32.1. The van der Waals surface area contributed by atoms with Gasteiger partial charge in [0.15, 0.2) is 5.13 Å². The molecule has 1 aliphatic rings. The molecule has 0 fully saturated rings. The minimum absolute atomic E-state index is 0.0583. The molecule has 30 heavy (non-hydrogen) atoms. The number of hydrogen-bond acceptors (Lipinski definition) is 6. The number of nitrogens with zero attached hydrogens (tertiary/aromatic N) is 2. The molecular weight excluding hydrogens is 402 g/mol. The predicted octanol–water partition coefficient (Wildman–Crippen LogP) is 4.88. The lowest BCUT2D eigenvalue weighted by atomic mass is 10.1. The van der Waals surface area contributed by atoms with Crippen molar-refractivity contribution >= 4 is 34.1 Å². The van der Waals surface area contributed by atoms with Crippen molar-refractivity contribution in [2.75, 3.05) is 5.32 Å². The third-order valence-corrected chi connectivity index (χ3v) is 5.63. The van der Waals surface area contributed by atoms with Gasteiger partial charge in [0.05, 0.1) is 16.9 Å². The minimum Gasteiger partial charge on any atom is -0.464 e. The molecule has 8 heteroatoms. The number of thiazole rings is 1. The predicted molar refractivity (Wildman–Crippen MR) is 116 cm³/mol. The van der Waals surface area contributed by atoms with E-state index in [-0.39, 0.29) is 11.6 Å². The maximum atomic E-state index is 12.7. The lowest BCUT2D eigenvalue weighted by Gasteiger charge is -2.03. The van der Waals surface area contributed by atoms with Gasteiger partial charge in [0, 0.05) is 34.6 Å². The van der Waals surface area contributed by atoms with E-state index >= 15 is 0 Å². The summed E-state index contributed by atoms with van der Waals surface area (Å²) in [5, 5.41) is 14.1. The Bertz CT molecular complexity index is 1180. The number of ether oxygens (including phenoxy) is 1. The Kier molecular flexibility index (Phi) is 5.40. The summed E-state index contributed by atoms with van der Waals surface area (Å²) < 4.78 is 5.52. The average Bonchev–Trinajstić information content (AvgIpc) is 2.94. The number of aromatic nitrogens is 1. The SMILES string of the molecule is Cc1nc(NC(=O)C2=Cc3ccccc3OC=C2)sc1Cc1ccc([N+](=O)[O-])cc1. The molecule has 1 aliphatic heterocycles. The molecule has 150 valence electrons. The number of carbonyl (C=O) groups is 1. The van der Waals surface area contributed by atoms with Crippen LogP contribution in [0, 0.1) is 17.0 Å². The number of nitrogens with one attached hydrogen (secondary N) is 1. The van der Waals surface area contributed by atoms with Crippen LogP contribution in [0.2, 0.25) is 0 Å². The number of para-hydroxylation sites is 1. The van der Waals surface area contributed by atoms with Gasteiger partial charge in [-0.3, -0.25) is 20.2 Å². The summed E-state index contributed by atoms with van der Waals surface area (Å²) in [6.45, 7) is 1.88. The van der Waals surface area contributed by atoms with Gasteiger partial charge in [-0.2, -0.15) is 0 Å². The first-order chi connectivity index (χ1) is 14.5. The van der Waals surface area contributed by atoms with Crippen molar-refractivity contribution in [2.24, 2.45) is 0 Å². The second kappa shape index (κ2) is 8.30. The zero-order valence-corrected chi connectivity index (χ0v) is 16.8. The molecule has 1 N–H and O–H groups in total. The molecule has 2 aromatic carbocycles. The number of fused-ring (bicyclic) bond motifs is 1. The van der Waals surface area contributed by atoms with Crippen molar-refractivity contribution in [3.05, 3.63) is 98.3 Å². The maximum Gasteiger partial charge on any atom is 0.269 e. The van der Waals surface area contributed by atoms with E-state index in [2.05, 4.69) is 10.3 Å². The number of anilines is 1. The molecule has 2 heterocycles. The number of nitro benzene ring substituents is 1. The molecule has 0 aliphatic carbocycles. The van der Waals surface area contributed by atoms with Gasteiger partial charge in [-0.25, -0.2) is 4.98 Å². The standard InChI is InChI=1S/C22H17N3O4S/c1-14-20(12-15-6-8-18(9-7-15)25(27)28)30-22(23-14)24-21(26)17-10-11-29-19-5-3-2-4-16(19)13-17/h2-11,13H,12H2,1H3,(H,23,24,26). The van der Waals surface area contributed by atoms with Crippen LogP contribution >= 0.6 is 11.3 Å². The van der Waals surface area contributed by atoms with E-state index in [9.17, 15) is 14.9 Å². The second-order valence-electron chi connectivity index (χ2n) is 6.64. The second-order valence-corrected chi connectivity index (χ2v) is 7.72. The smallest absolute Gasteiger partial charge is 0.269 e. The van der Waals surface area contributed by atoms with Crippen molar-refractivity contribution in [1.82, 2.24) is 4.98 Å². The molecule has 4 rings (SSSR count). The number of aryl methyl sites for hydroxylation is 1. The first-order valence-electron chi connectivity index (χ1n) is 9.14. The maximum absolute atomic E-state index is 12.7. The van der Waals surface area contributed by atoms with E-state index in [4.69, 9.17) is 4.74 Å². The lowest BCUT2D eigenvalue weighted by molar-refractivity contribution is -0.384. The topological polar surface area (TPSA) is 94.4 Å². The Balaban J connectivity index is 1.49. The van der Waals surface area contributed by atoms with Crippen molar-refractivity contribution in [3.63, 3.8) is 0 Å². The normalized spacial score (nSPS) is 12.4. The van der Waals surface area contributed by atoms with Crippen LogP contribution in [0.5, 0.6) is 5.75 Å². The number of amides is 1. The van der Waals surface area contributed by atoms with Crippen LogP contribution in [0.1, 0.15) is 21.7 Å². The molecule has 1 amide bonds. The van der Waals surface area contributed by atoms with Gasteiger partial charge in [0.1, 0.15) is 5.75 Å². The number of hydrogen-bond donors (Lipinski definition) is 1. The molecule has 1 aromatic heterocycles. The van der Waals surface area contributed by atoms with E-state index in [0.717, 1.165) is 21.7 Å². The van der Waals surface area contributed by atoms with Crippen molar-refractivity contribution in [3.8, 4) is 5.75 Å². The van der Waals surface area contributed by atoms with E-state index in [1.165, 1.54) is 29.7 Å². The fraction of sp³-hybridized carbons (Fsp3) is 0.0909. The first-order valence-corrected chi connectivity index (χ1v) is 9.96.